The Kier molecular flexibility index (Phi) is 7.97. The molecule has 3 aromatic carbocycles. The van der Waals surface area contributed by atoms with Crippen molar-refractivity contribution in [3.63, 3.8) is 0 Å². The van der Waals surface area contributed by atoms with E-state index in [2.05, 4.69) is 10.6 Å². The van der Waals surface area contributed by atoms with E-state index in [1.807, 2.05) is 25.1 Å². The molecule has 3 rings (SSSR count). The van der Waals surface area contributed by atoms with Gasteiger partial charge < -0.3 is 20.1 Å². The molecule has 0 fully saturated rings. The Labute approximate surface area is 196 Å². The van der Waals surface area contributed by atoms with Gasteiger partial charge in [0.05, 0.1) is 7.11 Å². The molecule has 2 amide bonds. The van der Waals surface area contributed by atoms with Crippen molar-refractivity contribution in [1.29, 1.82) is 5.26 Å². The molecule has 0 saturated carbocycles. The van der Waals surface area contributed by atoms with Crippen LogP contribution in [0.3, 0.4) is 0 Å². The minimum Gasteiger partial charge on any atom is -0.493 e. The molecule has 2 N–H and O–H groups in total. The van der Waals surface area contributed by atoms with E-state index in [9.17, 15) is 19.2 Å². The third-order valence-corrected chi connectivity index (χ3v) is 4.74. The maximum Gasteiger partial charge on any atom is 0.266 e. The maximum absolute atomic E-state index is 13.0. The number of aryl methyl sites for hydroxylation is 1. The van der Waals surface area contributed by atoms with Crippen LogP contribution in [-0.2, 0) is 9.59 Å². The number of hydrogen-bond donors (Lipinski definition) is 2. The molecule has 0 heterocycles. The van der Waals surface area contributed by atoms with Crippen molar-refractivity contribution in [1.82, 2.24) is 0 Å². The van der Waals surface area contributed by atoms with Crippen LogP contribution in [0, 0.1) is 24.1 Å². The van der Waals surface area contributed by atoms with Gasteiger partial charge in [-0.15, -0.1) is 0 Å². The van der Waals surface area contributed by atoms with E-state index >= 15 is 0 Å². The van der Waals surface area contributed by atoms with Crippen LogP contribution in [0.15, 0.2) is 72.3 Å². The number of carbonyl (C=O) groups excluding carboxylic acids is 2. The number of para-hydroxylation sites is 1. The number of anilines is 2. The number of nitriles is 1. The van der Waals surface area contributed by atoms with Crippen LogP contribution in [-0.4, -0.2) is 25.5 Å². The highest BCUT2D eigenvalue weighted by Gasteiger charge is 2.13. The van der Waals surface area contributed by atoms with Crippen LogP contribution in [0.5, 0.6) is 11.5 Å². The number of methoxy groups -OCH3 is 1. The summed E-state index contributed by atoms with van der Waals surface area (Å²) >= 11 is 0. The molecule has 0 aliphatic heterocycles. The van der Waals surface area contributed by atoms with E-state index in [0.717, 1.165) is 5.56 Å². The van der Waals surface area contributed by atoms with Gasteiger partial charge in [0, 0.05) is 11.4 Å². The maximum atomic E-state index is 13.0. The monoisotopic (exact) mass is 459 g/mol. The highest BCUT2D eigenvalue weighted by molar-refractivity contribution is 6.10. The molecule has 0 aromatic heterocycles. The van der Waals surface area contributed by atoms with Crippen molar-refractivity contribution in [2.24, 2.45) is 0 Å². The zero-order chi connectivity index (χ0) is 24.5. The third kappa shape index (κ3) is 6.43. The average molecular weight is 459 g/mol. The second-order valence-electron chi connectivity index (χ2n) is 7.19. The normalized spacial score (nSPS) is 10.7. The van der Waals surface area contributed by atoms with Crippen molar-refractivity contribution >= 4 is 29.3 Å². The Balaban J connectivity index is 1.68. The molecule has 7 nitrogen and oxygen atoms in total. The van der Waals surface area contributed by atoms with E-state index in [1.54, 1.807) is 30.3 Å². The summed E-state index contributed by atoms with van der Waals surface area (Å²) in [6.45, 7) is 1.56. The zero-order valence-corrected chi connectivity index (χ0v) is 18.6. The van der Waals surface area contributed by atoms with Crippen molar-refractivity contribution < 1.29 is 23.5 Å². The Morgan fingerprint density at radius 1 is 1.03 bits per heavy atom. The Morgan fingerprint density at radius 2 is 1.76 bits per heavy atom. The molecule has 0 atom stereocenters. The summed E-state index contributed by atoms with van der Waals surface area (Å²) in [6, 6.07) is 19.3. The molecule has 0 bridgehead atoms. The quantitative estimate of drug-likeness (QED) is 0.376. The van der Waals surface area contributed by atoms with Gasteiger partial charge >= 0.3 is 0 Å². The minimum atomic E-state index is -0.534. The first-order valence-corrected chi connectivity index (χ1v) is 10.2. The summed E-state index contributed by atoms with van der Waals surface area (Å²) in [5.41, 5.74) is 2.39. The van der Waals surface area contributed by atoms with E-state index in [4.69, 9.17) is 9.47 Å². The summed E-state index contributed by atoms with van der Waals surface area (Å²) < 4.78 is 23.8. The van der Waals surface area contributed by atoms with Gasteiger partial charge in [-0.2, -0.15) is 5.26 Å². The molecular weight excluding hydrogens is 437 g/mol. The highest BCUT2D eigenvalue weighted by Crippen LogP contribution is 2.29. The average Bonchev–Trinajstić information content (AvgIpc) is 2.84. The molecule has 0 radical (unpaired) electrons. The molecule has 0 aliphatic carbocycles. The second kappa shape index (κ2) is 11.3. The number of ether oxygens (including phenoxy) is 2. The zero-order valence-electron chi connectivity index (χ0n) is 18.6. The smallest absolute Gasteiger partial charge is 0.266 e. The standard InChI is InChI=1S/C26H22FN3O4/c1-17-5-3-4-6-22(17)30-26(32)19(15-28)13-18-7-12-23(24(14-18)33-2)34-16-25(31)29-21-10-8-20(27)9-11-21/h3-14H,16H2,1-2H3,(H,29,31)(H,30,32). The van der Waals surface area contributed by atoms with Crippen LogP contribution in [0.2, 0.25) is 0 Å². The van der Waals surface area contributed by atoms with Crippen LogP contribution in [0.4, 0.5) is 15.8 Å². The summed E-state index contributed by atoms with van der Waals surface area (Å²) in [4.78, 5) is 24.7. The van der Waals surface area contributed by atoms with E-state index in [1.165, 1.54) is 37.5 Å². The van der Waals surface area contributed by atoms with Crippen molar-refractivity contribution in [3.8, 4) is 17.6 Å². The van der Waals surface area contributed by atoms with Crippen LogP contribution >= 0.6 is 0 Å². The van der Waals surface area contributed by atoms with Gasteiger partial charge in [-0.25, -0.2) is 4.39 Å². The molecular formula is C26H22FN3O4. The lowest BCUT2D eigenvalue weighted by Gasteiger charge is -2.12. The molecule has 34 heavy (non-hydrogen) atoms. The fourth-order valence-electron chi connectivity index (χ4n) is 2.98. The van der Waals surface area contributed by atoms with Gasteiger partial charge in [0.15, 0.2) is 18.1 Å². The molecule has 8 heteroatoms. The van der Waals surface area contributed by atoms with Gasteiger partial charge in [-0.05, 0) is 66.6 Å². The fraction of sp³-hybridized carbons (Fsp3) is 0.115. The number of halogens is 1. The van der Waals surface area contributed by atoms with Gasteiger partial charge in [0.1, 0.15) is 17.5 Å². The van der Waals surface area contributed by atoms with E-state index in [-0.39, 0.29) is 12.2 Å². The topological polar surface area (TPSA) is 100 Å². The summed E-state index contributed by atoms with van der Waals surface area (Å²) in [6.07, 6.45) is 1.43. The highest BCUT2D eigenvalue weighted by atomic mass is 19.1. The lowest BCUT2D eigenvalue weighted by Crippen LogP contribution is -2.20. The number of benzene rings is 3. The van der Waals surface area contributed by atoms with E-state index in [0.29, 0.717) is 28.4 Å². The number of rotatable bonds is 8. The molecule has 0 spiro atoms. The van der Waals surface area contributed by atoms with Crippen LogP contribution in [0.1, 0.15) is 11.1 Å². The SMILES string of the molecule is COc1cc(C=C(C#N)C(=O)Nc2ccccc2C)ccc1OCC(=O)Nc1ccc(F)cc1. The Hall–Kier alpha value is -4.64. The number of hydrogen-bond acceptors (Lipinski definition) is 5. The first-order valence-electron chi connectivity index (χ1n) is 10.2. The first-order chi connectivity index (χ1) is 16.4. The Morgan fingerprint density at radius 3 is 2.44 bits per heavy atom. The predicted octanol–water partition coefficient (Wildman–Crippen LogP) is 4.71. The van der Waals surface area contributed by atoms with Crippen molar-refractivity contribution in [2.75, 3.05) is 24.4 Å². The molecule has 172 valence electrons. The van der Waals surface area contributed by atoms with Crippen molar-refractivity contribution in [2.45, 2.75) is 6.92 Å². The lowest BCUT2D eigenvalue weighted by molar-refractivity contribution is -0.118. The number of nitrogens with one attached hydrogen (secondary N) is 2. The van der Waals surface area contributed by atoms with E-state index < -0.39 is 17.6 Å². The van der Waals surface area contributed by atoms with Crippen LogP contribution < -0.4 is 20.1 Å². The minimum absolute atomic E-state index is 0.0855. The lowest BCUT2D eigenvalue weighted by atomic mass is 10.1. The first kappa shape index (κ1) is 24.0. The largest absolute Gasteiger partial charge is 0.493 e. The number of amides is 2. The number of nitrogens with zero attached hydrogens (tertiary/aromatic N) is 1. The van der Waals surface area contributed by atoms with Gasteiger partial charge in [-0.3, -0.25) is 9.59 Å². The van der Waals surface area contributed by atoms with Crippen molar-refractivity contribution in [3.05, 3.63) is 89.2 Å². The third-order valence-electron chi connectivity index (χ3n) is 4.74. The van der Waals surface area contributed by atoms with Crippen LogP contribution in [0.25, 0.3) is 6.08 Å². The number of carbonyl (C=O) groups is 2. The molecule has 0 aliphatic rings. The summed E-state index contributed by atoms with van der Waals surface area (Å²) in [5.74, 6) is -0.747. The fourth-order valence-corrected chi connectivity index (χ4v) is 2.98. The summed E-state index contributed by atoms with van der Waals surface area (Å²) in [7, 11) is 1.43. The predicted molar refractivity (Wildman–Crippen MR) is 127 cm³/mol. The molecule has 0 unspecified atom stereocenters. The molecule has 0 saturated heterocycles. The van der Waals surface area contributed by atoms with Gasteiger partial charge in [0.2, 0.25) is 0 Å². The second-order valence-corrected chi connectivity index (χ2v) is 7.19. The van der Waals surface area contributed by atoms with Gasteiger partial charge in [0.25, 0.3) is 11.8 Å². The molecule has 3 aromatic rings. The summed E-state index contributed by atoms with van der Waals surface area (Å²) in [5, 5.41) is 14.8. The van der Waals surface area contributed by atoms with Gasteiger partial charge in [-0.1, -0.05) is 24.3 Å². The Bertz CT molecular complexity index is 1260.